The fourth-order valence-electron chi connectivity index (χ4n) is 2.28. The summed E-state index contributed by atoms with van der Waals surface area (Å²) in [6, 6.07) is 4.32. The largest absolute Gasteiger partial charge is 0.375 e. The Kier molecular flexibility index (Phi) is 4.19. The Hall–Kier alpha value is -2.15. The first-order valence-corrected chi connectivity index (χ1v) is 6.47. The van der Waals surface area contributed by atoms with Gasteiger partial charge in [0.1, 0.15) is 5.69 Å². The molecule has 1 saturated heterocycles. The average Bonchev–Trinajstić information content (AvgIpc) is 2.46. The van der Waals surface area contributed by atoms with E-state index in [0.29, 0.717) is 25.4 Å². The van der Waals surface area contributed by atoms with Crippen molar-refractivity contribution >= 4 is 17.3 Å². The van der Waals surface area contributed by atoms with Crippen LogP contribution in [0, 0.1) is 10.1 Å². The van der Waals surface area contributed by atoms with E-state index >= 15 is 0 Å². The third kappa shape index (κ3) is 2.88. The van der Waals surface area contributed by atoms with Gasteiger partial charge < -0.3 is 15.4 Å². The minimum atomic E-state index is -0.673. The molecule has 2 rings (SSSR count). The number of benzene rings is 1. The van der Waals surface area contributed by atoms with E-state index < -0.39 is 10.8 Å². The summed E-state index contributed by atoms with van der Waals surface area (Å²) in [5.74, 6) is -0.673. The highest BCUT2D eigenvalue weighted by atomic mass is 16.6. The van der Waals surface area contributed by atoms with Gasteiger partial charge in [0.15, 0.2) is 0 Å². The summed E-state index contributed by atoms with van der Waals surface area (Å²) in [5.41, 5.74) is 5.70. The van der Waals surface area contributed by atoms with E-state index in [0.717, 1.165) is 6.42 Å². The molecule has 7 heteroatoms. The number of amides is 1. The summed E-state index contributed by atoms with van der Waals surface area (Å²) in [4.78, 5) is 23.7. The standard InChI is InChI=1S/C13H17N3O4/c1-2-10-8-15(5-6-20-10)11-4-3-9(13(14)17)7-12(11)16(18)19/h3-4,7,10H,2,5-6,8H2,1H3,(H2,14,17)/t10-/m1/s1. The molecule has 20 heavy (non-hydrogen) atoms. The molecule has 0 spiro atoms. The zero-order valence-corrected chi connectivity index (χ0v) is 11.2. The van der Waals surface area contributed by atoms with Gasteiger partial charge >= 0.3 is 0 Å². The lowest BCUT2D eigenvalue weighted by molar-refractivity contribution is -0.384. The van der Waals surface area contributed by atoms with Crippen LogP contribution in [0.15, 0.2) is 18.2 Å². The number of carbonyl (C=O) groups excluding carboxylic acids is 1. The molecule has 1 aliphatic heterocycles. The maximum atomic E-state index is 11.2. The van der Waals surface area contributed by atoms with Crippen molar-refractivity contribution in [2.24, 2.45) is 5.73 Å². The number of hydrogen-bond donors (Lipinski definition) is 1. The van der Waals surface area contributed by atoms with Gasteiger partial charge in [-0.3, -0.25) is 14.9 Å². The highest BCUT2D eigenvalue weighted by molar-refractivity contribution is 5.94. The van der Waals surface area contributed by atoms with Crippen molar-refractivity contribution in [1.82, 2.24) is 0 Å². The van der Waals surface area contributed by atoms with Crippen LogP contribution in [0.2, 0.25) is 0 Å². The minimum Gasteiger partial charge on any atom is -0.375 e. The van der Waals surface area contributed by atoms with E-state index in [1.54, 1.807) is 6.07 Å². The predicted octanol–water partition coefficient (Wildman–Crippen LogP) is 1.31. The summed E-state index contributed by atoms with van der Waals surface area (Å²) >= 11 is 0. The van der Waals surface area contributed by atoms with Gasteiger partial charge in [-0.2, -0.15) is 0 Å². The zero-order valence-electron chi connectivity index (χ0n) is 11.2. The summed E-state index contributed by atoms with van der Waals surface area (Å²) in [7, 11) is 0. The maximum Gasteiger partial charge on any atom is 0.293 e. The molecule has 0 unspecified atom stereocenters. The van der Waals surface area contributed by atoms with Crippen molar-refractivity contribution in [2.45, 2.75) is 19.4 Å². The van der Waals surface area contributed by atoms with Crippen LogP contribution in [0.1, 0.15) is 23.7 Å². The zero-order chi connectivity index (χ0) is 14.7. The van der Waals surface area contributed by atoms with Crippen LogP contribution < -0.4 is 10.6 Å². The number of carbonyl (C=O) groups is 1. The van der Waals surface area contributed by atoms with Crippen LogP contribution in [0.3, 0.4) is 0 Å². The molecule has 1 amide bonds. The van der Waals surface area contributed by atoms with Crippen molar-refractivity contribution in [3.8, 4) is 0 Å². The Labute approximate surface area is 116 Å². The van der Waals surface area contributed by atoms with Crippen LogP contribution in [0.5, 0.6) is 0 Å². The third-order valence-corrected chi connectivity index (χ3v) is 3.39. The van der Waals surface area contributed by atoms with Crippen molar-refractivity contribution < 1.29 is 14.5 Å². The molecule has 108 valence electrons. The van der Waals surface area contributed by atoms with Crippen LogP contribution >= 0.6 is 0 Å². The lowest BCUT2D eigenvalue weighted by Gasteiger charge is -2.33. The van der Waals surface area contributed by atoms with E-state index in [4.69, 9.17) is 10.5 Å². The topological polar surface area (TPSA) is 98.7 Å². The van der Waals surface area contributed by atoms with Gasteiger partial charge in [0.05, 0.1) is 17.6 Å². The predicted molar refractivity (Wildman–Crippen MR) is 73.9 cm³/mol. The maximum absolute atomic E-state index is 11.2. The van der Waals surface area contributed by atoms with Gasteiger partial charge in [-0.15, -0.1) is 0 Å². The SMILES string of the molecule is CC[C@@H]1CN(c2ccc(C(N)=O)cc2[N+](=O)[O-])CCO1. The first kappa shape index (κ1) is 14.3. The number of primary amides is 1. The molecular formula is C13H17N3O4. The van der Waals surface area contributed by atoms with Gasteiger partial charge in [0.2, 0.25) is 5.91 Å². The smallest absolute Gasteiger partial charge is 0.293 e. The summed E-state index contributed by atoms with van der Waals surface area (Å²) in [6.45, 7) is 3.74. The highest BCUT2D eigenvalue weighted by Gasteiger charge is 2.26. The molecule has 0 aliphatic carbocycles. The second-order valence-corrected chi connectivity index (χ2v) is 4.67. The second kappa shape index (κ2) is 5.87. The average molecular weight is 279 g/mol. The van der Waals surface area contributed by atoms with Gasteiger partial charge in [0, 0.05) is 24.7 Å². The molecule has 1 aromatic carbocycles. The van der Waals surface area contributed by atoms with Crippen LogP contribution in [-0.4, -0.2) is 36.6 Å². The van der Waals surface area contributed by atoms with Crippen molar-refractivity contribution in [3.05, 3.63) is 33.9 Å². The molecule has 0 bridgehead atoms. The Morgan fingerprint density at radius 2 is 2.35 bits per heavy atom. The number of ether oxygens (including phenoxy) is 1. The van der Waals surface area contributed by atoms with E-state index in [2.05, 4.69) is 0 Å². The molecule has 2 N–H and O–H groups in total. The molecule has 1 heterocycles. The number of hydrogen-bond acceptors (Lipinski definition) is 5. The van der Waals surface area contributed by atoms with Crippen LogP contribution in [-0.2, 0) is 4.74 Å². The van der Waals surface area contributed by atoms with Crippen LogP contribution in [0.25, 0.3) is 0 Å². The molecule has 0 radical (unpaired) electrons. The highest BCUT2D eigenvalue weighted by Crippen LogP contribution is 2.30. The Balaban J connectivity index is 2.35. The normalized spacial score (nSPS) is 18.9. The molecule has 7 nitrogen and oxygen atoms in total. The number of morpholine rings is 1. The molecule has 1 fully saturated rings. The Morgan fingerprint density at radius 1 is 1.60 bits per heavy atom. The summed E-state index contributed by atoms with van der Waals surface area (Å²) in [6.07, 6.45) is 0.920. The van der Waals surface area contributed by atoms with E-state index in [1.165, 1.54) is 12.1 Å². The lowest BCUT2D eigenvalue weighted by atomic mass is 10.1. The Morgan fingerprint density at radius 3 is 2.95 bits per heavy atom. The summed E-state index contributed by atoms with van der Waals surface area (Å²) < 4.78 is 5.56. The van der Waals surface area contributed by atoms with Gasteiger partial charge in [-0.1, -0.05) is 6.92 Å². The lowest BCUT2D eigenvalue weighted by Crippen LogP contribution is -2.42. The number of nitro benzene ring substituents is 1. The first-order chi connectivity index (χ1) is 9.52. The van der Waals surface area contributed by atoms with Gasteiger partial charge in [0.25, 0.3) is 5.69 Å². The van der Waals surface area contributed by atoms with Crippen LogP contribution in [0.4, 0.5) is 11.4 Å². The summed E-state index contributed by atoms with van der Waals surface area (Å²) in [5, 5.41) is 11.2. The van der Waals surface area contributed by atoms with Crippen molar-refractivity contribution in [3.63, 3.8) is 0 Å². The molecular weight excluding hydrogens is 262 g/mol. The monoisotopic (exact) mass is 279 g/mol. The third-order valence-electron chi connectivity index (χ3n) is 3.39. The molecule has 1 aliphatic rings. The van der Waals surface area contributed by atoms with Crippen molar-refractivity contribution in [2.75, 3.05) is 24.6 Å². The van der Waals surface area contributed by atoms with Gasteiger partial charge in [-0.05, 0) is 18.6 Å². The molecule has 1 aromatic rings. The fraction of sp³-hybridized carbons (Fsp3) is 0.462. The number of nitrogens with zero attached hydrogens (tertiary/aromatic N) is 2. The molecule has 0 aromatic heterocycles. The first-order valence-electron chi connectivity index (χ1n) is 6.47. The Bertz CT molecular complexity index is 532. The molecule has 0 saturated carbocycles. The number of nitrogens with two attached hydrogens (primary N) is 1. The van der Waals surface area contributed by atoms with Gasteiger partial charge in [-0.25, -0.2) is 0 Å². The fourth-order valence-corrected chi connectivity index (χ4v) is 2.28. The number of anilines is 1. The number of nitro groups is 1. The number of rotatable bonds is 4. The van der Waals surface area contributed by atoms with Crippen molar-refractivity contribution in [1.29, 1.82) is 0 Å². The van der Waals surface area contributed by atoms with E-state index in [1.807, 2.05) is 11.8 Å². The quantitative estimate of drug-likeness (QED) is 0.661. The minimum absolute atomic E-state index is 0.0687. The van der Waals surface area contributed by atoms with E-state index in [-0.39, 0.29) is 17.4 Å². The second-order valence-electron chi connectivity index (χ2n) is 4.67. The molecule has 1 atom stereocenters. The van der Waals surface area contributed by atoms with E-state index in [9.17, 15) is 14.9 Å².